The third kappa shape index (κ3) is 2.28. The molecule has 0 saturated carbocycles. The third-order valence-electron chi connectivity index (χ3n) is 2.00. The summed E-state index contributed by atoms with van der Waals surface area (Å²) in [5.41, 5.74) is 1.58. The summed E-state index contributed by atoms with van der Waals surface area (Å²) in [6.07, 6.45) is 0. The summed E-state index contributed by atoms with van der Waals surface area (Å²) in [5.74, 6) is 0.895. The number of methoxy groups -OCH3 is 1. The van der Waals surface area contributed by atoms with Crippen LogP contribution < -0.4 is 4.74 Å². The first kappa shape index (κ1) is 10.8. The summed E-state index contributed by atoms with van der Waals surface area (Å²) in [4.78, 5) is 12.6. The topological polar surface area (TPSA) is 47.9 Å². The van der Waals surface area contributed by atoms with E-state index in [1.54, 1.807) is 6.07 Å². The zero-order valence-electron chi connectivity index (χ0n) is 8.94. The van der Waals surface area contributed by atoms with Crippen molar-refractivity contribution in [2.24, 2.45) is 0 Å². The van der Waals surface area contributed by atoms with Crippen molar-refractivity contribution in [1.29, 1.82) is 0 Å². The number of pyridine rings is 1. The van der Waals surface area contributed by atoms with Crippen molar-refractivity contribution in [2.75, 3.05) is 7.11 Å². The number of nitrogens with zero attached hydrogens (tertiary/aromatic N) is 3. The standard InChI is InChI=1S/C11H10ClN3O/c1-7-4-3-5-8(13-7)11-14-9(12)6-10(15-11)16-2/h3-6H,1-2H3. The quantitative estimate of drug-likeness (QED) is 0.751. The van der Waals surface area contributed by atoms with E-state index in [4.69, 9.17) is 16.3 Å². The predicted octanol–water partition coefficient (Wildman–Crippen LogP) is 2.51. The summed E-state index contributed by atoms with van der Waals surface area (Å²) in [7, 11) is 1.53. The molecule has 0 bridgehead atoms. The lowest BCUT2D eigenvalue weighted by molar-refractivity contribution is 0.397. The van der Waals surface area contributed by atoms with E-state index < -0.39 is 0 Å². The van der Waals surface area contributed by atoms with Crippen molar-refractivity contribution in [1.82, 2.24) is 15.0 Å². The van der Waals surface area contributed by atoms with Crippen LogP contribution in [0.4, 0.5) is 0 Å². The molecule has 0 amide bonds. The van der Waals surface area contributed by atoms with E-state index in [-0.39, 0.29) is 0 Å². The van der Waals surface area contributed by atoms with E-state index in [1.165, 1.54) is 7.11 Å². The largest absolute Gasteiger partial charge is 0.481 e. The molecule has 0 unspecified atom stereocenters. The van der Waals surface area contributed by atoms with E-state index in [2.05, 4.69) is 15.0 Å². The lowest BCUT2D eigenvalue weighted by Crippen LogP contribution is -1.96. The molecule has 16 heavy (non-hydrogen) atoms. The second-order valence-corrected chi connectivity index (χ2v) is 3.61. The van der Waals surface area contributed by atoms with Gasteiger partial charge in [-0.1, -0.05) is 17.7 Å². The molecule has 0 saturated heterocycles. The van der Waals surface area contributed by atoms with Crippen LogP contribution in [0.3, 0.4) is 0 Å². The van der Waals surface area contributed by atoms with Crippen LogP contribution in [0.15, 0.2) is 24.3 Å². The van der Waals surface area contributed by atoms with Gasteiger partial charge in [0.2, 0.25) is 5.88 Å². The molecule has 0 fully saturated rings. The highest BCUT2D eigenvalue weighted by Gasteiger charge is 2.07. The Morgan fingerprint density at radius 1 is 1.19 bits per heavy atom. The molecule has 0 aliphatic heterocycles. The Morgan fingerprint density at radius 3 is 2.69 bits per heavy atom. The minimum Gasteiger partial charge on any atom is -0.481 e. The lowest BCUT2D eigenvalue weighted by Gasteiger charge is -2.03. The normalized spacial score (nSPS) is 10.2. The van der Waals surface area contributed by atoms with Gasteiger partial charge in [0, 0.05) is 11.8 Å². The minimum absolute atomic E-state index is 0.338. The SMILES string of the molecule is COc1cc(Cl)nc(-c2cccc(C)n2)n1. The van der Waals surface area contributed by atoms with E-state index in [1.807, 2.05) is 25.1 Å². The Labute approximate surface area is 98.3 Å². The Hall–Kier alpha value is -1.68. The zero-order chi connectivity index (χ0) is 11.5. The van der Waals surface area contributed by atoms with Crippen LogP contribution in [-0.2, 0) is 0 Å². The molecule has 2 aromatic heterocycles. The van der Waals surface area contributed by atoms with Gasteiger partial charge in [-0.15, -0.1) is 0 Å². The van der Waals surface area contributed by atoms with Crippen LogP contribution in [0.1, 0.15) is 5.69 Å². The third-order valence-corrected chi connectivity index (χ3v) is 2.19. The van der Waals surface area contributed by atoms with Crippen LogP contribution >= 0.6 is 11.6 Å². The van der Waals surface area contributed by atoms with Crippen molar-refractivity contribution < 1.29 is 4.74 Å². The average Bonchev–Trinajstić information content (AvgIpc) is 2.28. The number of halogens is 1. The van der Waals surface area contributed by atoms with Gasteiger partial charge in [0.25, 0.3) is 0 Å². The fourth-order valence-corrected chi connectivity index (χ4v) is 1.46. The molecule has 0 radical (unpaired) electrons. The molecule has 0 aromatic carbocycles. The van der Waals surface area contributed by atoms with Crippen molar-refractivity contribution in [3.63, 3.8) is 0 Å². The van der Waals surface area contributed by atoms with Gasteiger partial charge >= 0.3 is 0 Å². The van der Waals surface area contributed by atoms with Crippen molar-refractivity contribution in [2.45, 2.75) is 6.92 Å². The van der Waals surface area contributed by atoms with Crippen molar-refractivity contribution >= 4 is 11.6 Å². The molecule has 2 heterocycles. The average molecular weight is 236 g/mol. The maximum Gasteiger partial charge on any atom is 0.218 e. The maximum absolute atomic E-state index is 5.86. The molecule has 0 atom stereocenters. The molecule has 0 aliphatic carbocycles. The summed E-state index contributed by atoms with van der Waals surface area (Å²) < 4.78 is 5.02. The highest BCUT2D eigenvalue weighted by atomic mass is 35.5. The van der Waals surface area contributed by atoms with Gasteiger partial charge in [-0.2, -0.15) is 4.98 Å². The molecule has 82 valence electrons. The van der Waals surface area contributed by atoms with Gasteiger partial charge < -0.3 is 4.74 Å². The molecule has 2 rings (SSSR count). The van der Waals surface area contributed by atoms with E-state index in [0.717, 1.165) is 5.69 Å². The van der Waals surface area contributed by atoms with Gasteiger partial charge in [0.05, 0.1) is 7.11 Å². The Kier molecular flexibility index (Phi) is 3.01. The van der Waals surface area contributed by atoms with Crippen LogP contribution in [0.5, 0.6) is 5.88 Å². The summed E-state index contributed by atoms with van der Waals surface area (Å²) in [6, 6.07) is 7.19. The first-order valence-corrected chi connectivity index (χ1v) is 5.09. The molecule has 0 N–H and O–H groups in total. The number of aromatic nitrogens is 3. The minimum atomic E-state index is 0.338. The number of ether oxygens (including phenoxy) is 1. The first-order chi connectivity index (χ1) is 7.69. The molecule has 0 spiro atoms. The van der Waals surface area contributed by atoms with E-state index >= 15 is 0 Å². The molecule has 5 heteroatoms. The van der Waals surface area contributed by atoms with Crippen LogP contribution in [-0.4, -0.2) is 22.1 Å². The Bertz CT molecular complexity index is 516. The van der Waals surface area contributed by atoms with Crippen LogP contribution in [0.25, 0.3) is 11.5 Å². The highest BCUT2D eigenvalue weighted by molar-refractivity contribution is 6.29. The van der Waals surface area contributed by atoms with Crippen molar-refractivity contribution in [3.8, 4) is 17.4 Å². The van der Waals surface area contributed by atoms with Gasteiger partial charge in [0.1, 0.15) is 10.8 Å². The van der Waals surface area contributed by atoms with Gasteiger partial charge in [-0.05, 0) is 19.1 Å². The van der Waals surface area contributed by atoms with Crippen LogP contribution in [0.2, 0.25) is 5.15 Å². The molecular weight excluding hydrogens is 226 g/mol. The molecule has 0 aliphatic rings. The van der Waals surface area contributed by atoms with Gasteiger partial charge in [-0.25, -0.2) is 9.97 Å². The van der Waals surface area contributed by atoms with Gasteiger partial charge in [-0.3, -0.25) is 0 Å². The fraction of sp³-hybridized carbons (Fsp3) is 0.182. The molecule has 4 nitrogen and oxygen atoms in total. The number of rotatable bonds is 2. The predicted molar refractivity (Wildman–Crippen MR) is 61.6 cm³/mol. The number of aryl methyl sites for hydroxylation is 1. The monoisotopic (exact) mass is 235 g/mol. The summed E-state index contributed by atoms with van der Waals surface area (Å²) in [5, 5.41) is 0.338. The smallest absolute Gasteiger partial charge is 0.218 e. The summed E-state index contributed by atoms with van der Waals surface area (Å²) in [6.45, 7) is 1.91. The fourth-order valence-electron chi connectivity index (χ4n) is 1.28. The highest BCUT2D eigenvalue weighted by Crippen LogP contribution is 2.19. The van der Waals surface area contributed by atoms with Crippen molar-refractivity contribution in [3.05, 3.63) is 35.1 Å². The molecule has 2 aromatic rings. The van der Waals surface area contributed by atoms with Gasteiger partial charge in [0.15, 0.2) is 5.82 Å². The first-order valence-electron chi connectivity index (χ1n) is 4.71. The van der Waals surface area contributed by atoms with E-state index in [9.17, 15) is 0 Å². The lowest BCUT2D eigenvalue weighted by atomic mass is 10.3. The second kappa shape index (κ2) is 4.45. The zero-order valence-corrected chi connectivity index (χ0v) is 9.69. The second-order valence-electron chi connectivity index (χ2n) is 3.22. The number of hydrogen-bond donors (Lipinski definition) is 0. The Balaban J connectivity index is 2.51. The molecular formula is C11H10ClN3O. The van der Waals surface area contributed by atoms with E-state index in [0.29, 0.717) is 22.6 Å². The number of hydrogen-bond acceptors (Lipinski definition) is 4. The van der Waals surface area contributed by atoms with Crippen LogP contribution in [0, 0.1) is 6.92 Å². The summed E-state index contributed by atoms with van der Waals surface area (Å²) >= 11 is 5.86. The Morgan fingerprint density at radius 2 is 2.00 bits per heavy atom. The maximum atomic E-state index is 5.86.